The molecule has 0 bridgehead atoms. The average Bonchev–Trinajstić information content (AvgIpc) is 3.18. The van der Waals surface area contributed by atoms with E-state index < -0.39 is 0 Å². The SMILES string of the molecule is Cc1ccc(OCC2=NCC(=S)N2C)c(-n2nc3ccccc3n2)c1. The lowest BCUT2D eigenvalue weighted by atomic mass is 10.2. The van der Waals surface area contributed by atoms with Crippen molar-refractivity contribution in [2.24, 2.45) is 4.99 Å². The first-order valence-corrected chi connectivity index (χ1v) is 8.38. The van der Waals surface area contributed by atoms with Crippen LogP contribution in [0.5, 0.6) is 5.75 Å². The summed E-state index contributed by atoms with van der Waals surface area (Å²) in [4.78, 5) is 8.73. The van der Waals surface area contributed by atoms with Crippen molar-refractivity contribution in [2.75, 3.05) is 20.2 Å². The molecule has 0 spiro atoms. The molecule has 25 heavy (non-hydrogen) atoms. The Hall–Kier alpha value is -2.80. The van der Waals surface area contributed by atoms with Crippen molar-refractivity contribution in [1.29, 1.82) is 0 Å². The summed E-state index contributed by atoms with van der Waals surface area (Å²) in [6.07, 6.45) is 0. The molecule has 0 saturated heterocycles. The molecular weight excluding hydrogens is 334 g/mol. The molecule has 1 aliphatic rings. The van der Waals surface area contributed by atoms with E-state index in [0.29, 0.717) is 18.9 Å². The molecule has 7 heteroatoms. The fourth-order valence-corrected chi connectivity index (χ4v) is 2.84. The average molecular weight is 351 g/mol. The minimum absolute atomic E-state index is 0.355. The topological polar surface area (TPSA) is 55.5 Å². The number of ether oxygens (including phenoxy) is 1. The summed E-state index contributed by atoms with van der Waals surface area (Å²) < 4.78 is 6.01. The number of aryl methyl sites for hydroxylation is 1. The lowest BCUT2D eigenvalue weighted by Gasteiger charge is -2.16. The van der Waals surface area contributed by atoms with Crippen LogP contribution in [0.4, 0.5) is 0 Å². The van der Waals surface area contributed by atoms with Crippen LogP contribution in [0.25, 0.3) is 16.7 Å². The van der Waals surface area contributed by atoms with Gasteiger partial charge in [-0.15, -0.1) is 15.0 Å². The van der Waals surface area contributed by atoms with Gasteiger partial charge in [0, 0.05) is 7.05 Å². The zero-order chi connectivity index (χ0) is 17.4. The molecule has 1 aliphatic heterocycles. The van der Waals surface area contributed by atoms with Crippen LogP contribution in [0, 0.1) is 6.92 Å². The van der Waals surface area contributed by atoms with Gasteiger partial charge in [0.2, 0.25) is 0 Å². The first-order chi connectivity index (χ1) is 12.1. The Labute approximate surface area is 150 Å². The smallest absolute Gasteiger partial charge is 0.147 e. The van der Waals surface area contributed by atoms with Gasteiger partial charge in [-0.2, -0.15) is 0 Å². The van der Waals surface area contributed by atoms with Gasteiger partial charge < -0.3 is 9.64 Å². The summed E-state index contributed by atoms with van der Waals surface area (Å²) in [5.74, 6) is 1.54. The second-order valence-electron chi connectivity index (χ2n) is 5.92. The number of nitrogens with zero attached hydrogens (tertiary/aromatic N) is 5. The largest absolute Gasteiger partial charge is 0.483 e. The summed E-state index contributed by atoms with van der Waals surface area (Å²) in [6, 6.07) is 13.7. The highest BCUT2D eigenvalue weighted by atomic mass is 32.1. The molecule has 2 aromatic carbocycles. The Morgan fingerprint density at radius 3 is 2.48 bits per heavy atom. The lowest BCUT2D eigenvalue weighted by Crippen LogP contribution is -2.31. The Morgan fingerprint density at radius 2 is 1.84 bits per heavy atom. The highest BCUT2D eigenvalue weighted by Gasteiger charge is 2.19. The number of aromatic nitrogens is 3. The maximum Gasteiger partial charge on any atom is 0.147 e. The fraction of sp³-hybridized carbons (Fsp3) is 0.222. The number of amidine groups is 1. The standard InChI is InChI=1S/C18H17N5OS/c1-12-7-8-16(24-11-17-19-10-18(25)22(17)2)15(9-12)23-20-13-5-3-4-6-14(13)21-23/h3-9H,10-11H2,1-2H3. The molecule has 6 nitrogen and oxygen atoms in total. The van der Waals surface area contributed by atoms with Gasteiger partial charge in [-0.25, -0.2) is 0 Å². The van der Waals surface area contributed by atoms with Crippen LogP contribution in [-0.2, 0) is 0 Å². The lowest BCUT2D eigenvalue weighted by molar-refractivity contribution is 0.363. The van der Waals surface area contributed by atoms with E-state index in [2.05, 4.69) is 15.2 Å². The Kier molecular flexibility index (Phi) is 3.93. The molecule has 0 unspecified atom stereocenters. The summed E-state index contributed by atoms with van der Waals surface area (Å²) >= 11 is 5.24. The number of fused-ring (bicyclic) bond motifs is 1. The molecule has 0 radical (unpaired) electrons. The summed E-state index contributed by atoms with van der Waals surface area (Å²) in [5.41, 5.74) is 3.61. The van der Waals surface area contributed by atoms with Crippen molar-refractivity contribution in [2.45, 2.75) is 6.92 Å². The van der Waals surface area contributed by atoms with Crippen LogP contribution < -0.4 is 4.74 Å². The first-order valence-electron chi connectivity index (χ1n) is 7.97. The summed E-state index contributed by atoms with van der Waals surface area (Å²) in [6.45, 7) is 2.94. The zero-order valence-electron chi connectivity index (χ0n) is 14.0. The van der Waals surface area contributed by atoms with Crippen molar-refractivity contribution < 1.29 is 4.74 Å². The van der Waals surface area contributed by atoms with E-state index in [0.717, 1.165) is 33.1 Å². The molecule has 0 saturated carbocycles. The minimum Gasteiger partial charge on any atom is -0.483 e. The molecule has 0 N–H and O–H groups in total. The van der Waals surface area contributed by atoms with E-state index in [9.17, 15) is 0 Å². The summed E-state index contributed by atoms with van der Waals surface area (Å²) in [7, 11) is 1.91. The fourth-order valence-electron chi connectivity index (χ4n) is 2.67. The van der Waals surface area contributed by atoms with Gasteiger partial charge >= 0.3 is 0 Å². The number of thiocarbonyl (C=S) groups is 1. The third kappa shape index (κ3) is 2.98. The van der Waals surface area contributed by atoms with Gasteiger partial charge in [0.05, 0.1) is 6.54 Å². The maximum atomic E-state index is 6.01. The van der Waals surface area contributed by atoms with E-state index in [-0.39, 0.29) is 0 Å². The molecular formula is C18H17N5OS. The highest BCUT2D eigenvalue weighted by Crippen LogP contribution is 2.24. The van der Waals surface area contributed by atoms with E-state index in [1.807, 2.05) is 61.3 Å². The van der Waals surface area contributed by atoms with Crippen molar-refractivity contribution in [1.82, 2.24) is 19.9 Å². The molecule has 4 rings (SSSR count). The van der Waals surface area contributed by atoms with E-state index in [1.165, 1.54) is 0 Å². The van der Waals surface area contributed by atoms with Crippen molar-refractivity contribution >= 4 is 34.1 Å². The summed E-state index contributed by atoms with van der Waals surface area (Å²) in [5, 5.41) is 9.11. The molecule has 3 aromatic rings. The number of likely N-dealkylation sites (N-methyl/N-ethyl adjacent to an activating group) is 1. The molecule has 0 aliphatic carbocycles. The van der Waals surface area contributed by atoms with E-state index >= 15 is 0 Å². The van der Waals surface area contributed by atoms with Gasteiger partial charge in [-0.3, -0.25) is 4.99 Å². The van der Waals surface area contributed by atoms with Gasteiger partial charge in [0.15, 0.2) is 0 Å². The second kappa shape index (κ2) is 6.25. The van der Waals surface area contributed by atoms with E-state index in [4.69, 9.17) is 17.0 Å². The molecule has 0 atom stereocenters. The molecule has 2 heterocycles. The van der Waals surface area contributed by atoms with Gasteiger partial charge in [0.25, 0.3) is 0 Å². The van der Waals surface area contributed by atoms with Crippen LogP contribution in [0.1, 0.15) is 5.56 Å². The third-order valence-electron chi connectivity index (χ3n) is 4.13. The van der Waals surface area contributed by atoms with E-state index in [1.54, 1.807) is 4.80 Å². The molecule has 0 amide bonds. The van der Waals surface area contributed by atoms with Gasteiger partial charge in [-0.05, 0) is 36.8 Å². The van der Waals surface area contributed by atoms with Crippen LogP contribution in [0.2, 0.25) is 0 Å². The minimum atomic E-state index is 0.355. The third-order valence-corrected chi connectivity index (χ3v) is 4.53. The van der Waals surface area contributed by atoms with Crippen molar-refractivity contribution in [3.63, 3.8) is 0 Å². The number of hydrogen-bond acceptors (Lipinski definition) is 5. The first kappa shape index (κ1) is 15.7. The monoisotopic (exact) mass is 351 g/mol. The van der Waals surface area contributed by atoms with Crippen molar-refractivity contribution in [3.8, 4) is 11.4 Å². The van der Waals surface area contributed by atoms with Crippen LogP contribution in [-0.4, -0.2) is 50.9 Å². The number of aliphatic imine (C=N–C) groups is 1. The normalized spacial score (nSPS) is 14.2. The van der Waals surface area contributed by atoms with Gasteiger partial charge in [-0.1, -0.05) is 30.4 Å². The Bertz CT molecular complexity index is 961. The molecule has 0 fully saturated rings. The van der Waals surface area contributed by atoms with Crippen LogP contribution in [0.3, 0.4) is 0 Å². The van der Waals surface area contributed by atoms with Crippen LogP contribution in [0.15, 0.2) is 47.5 Å². The number of rotatable bonds is 4. The second-order valence-corrected chi connectivity index (χ2v) is 6.39. The maximum absolute atomic E-state index is 6.01. The number of hydrogen-bond donors (Lipinski definition) is 0. The predicted octanol–water partition coefficient (Wildman–Crippen LogP) is 2.78. The highest BCUT2D eigenvalue weighted by molar-refractivity contribution is 7.80. The number of benzene rings is 2. The quantitative estimate of drug-likeness (QED) is 0.677. The van der Waals surface area contributed by atoms with Gasteiger partial charge in [0.1, 0.15) is 39.9 Å². The van der Waals surface area contributed by atoms with Crippen LogP contribution >= 0.6 is 12.2 Å². The van der Waals surface area contributed by atoms with Crippen molar-refractivity contribution in [3.05, 3.63) is 48.0 Å². The Morgan fingerprint density at radius 1 is 1.12 bits per heavy atom. The molecule has 126 valence electrons. The zero-order valence-corrected chi connectivity index (χ0v) is 14.8. The predicted molar refractivity (Wildman–Crippen MR) is 102 cm³/mol. The molecule has 1 aromatic heterocycles. The Balaban J connectivity index is 1.66.